The van der Waals surface area contributed by atoms with Gasteiger partial charge in [0.2, 0.25) is 15.9 Å². The lowest BCUT2D eigenvalue weighted by atomic mass is 10.2. The minimum Gasteiger partial charge on any atom is -0.476 e. The van der Waals surface area contributed by atoms with Gasteiger partial charge in [-0.15, -0.1) is 0 Å². The van der Waals surface area contributed by atoms with Gasteiger partial charge in [0.25, 0.3) is 0 Å². The Hall–Kier alpha value is -1.94. The Labute approximate surface area is 114 Å². The van der Waals surface area contributed by atoms with Crippen LogP contribution < -0.4 is 10.0 Å². The van der Waals surface area contributed by atoms with Gasteiger partial charge in [0.15, 0.2) is 5.69 Å². The van der Waals surface area contributed by atoms with Gasteiger partial charge < -0.3 is 10.4 Å². The summed E-state index contributed by atoms with van der Waals surface area (Å²) in [7, 11) is -4.00. The monoisotopic (exact) mass is 302 g/mol. The maximum absolute atomic E-state index is 12.1. The molecule has 0 radical (unpaired) electrons. The second-order valence-electron chi connectivity index (χ2n) is 4.49. The second-order valence-corrected chi connectivity index (χ2v) is 6.19. The molecule has 0 aromatic carbocycles. The zero-order valence-corrected chi connectivity index (χ0v) is 11.5. The smallest absolute Gasteiger partial charge is 0.357 e. The number of aromatic carboxylic acids is 1. The van der Waals surface area contributed by atoms with Crippen molar-refractivity contribution in [3.63, 3.8) is 0 Å². The molecule has 1 aromatic rings. The van der Waals surface area contributed by atoms with Crippen LogP contribution in [0.15, 0.2) is 4.90 Å². The zero-order chi connectivity index (χ0) is 14.9. The number of aromatic amines is 1. The fourth-order valence-electron chi connectivity index (χ4n) is 2.01. The summed E-state index contributed by atoms with van der Waals surface area (Å²) in [5, 5.41) is 17.3. The number of sulfonamides is 1. The fraction of sp³-hybridized carbons (Fsp3) is 0.500. The van der Waals surface area contributed by atoms with Gasteiger partial charge in [-0.05, 0) is 13.3 Å². The maximum Gasteiger partial charge on any atom is 0.357 e. The Morgan fingerprint density at radius 2 is 2.25 bits per heavy atom. The molecule has 2 heterocycles. The minimum absolute atomic E-state index is 0.0117. The van der Waals surface area contributed by atoms with E-state index in [2.05, 4.69) is 20.2 Å². The molecule has 0 saturated carbocycles. The standard InChI is InChI=1S/C10H14N4O5S/c1-5-9(8(10(16)17)14-13-5)20(18,19)11-4-6-2-3-7(15)12-6/h6,11H,2-4H2,1H3,(H,12,15)(H,13,14)(H,16,17). The predicted molar refractivity (Wildman–Crippen MR) is 66.6 cm³/mol. The largest absolute Gasteiger partial charge is 0.476 e. The third kappa shape index (κ3) is 2.80. The number of aromatic nitrogens is 2. The molecule has 1 unspecified atom stereocenters. The summed E-state index contributed by atoms with van der Waals surface area (Å²) >= 11 is 0. The van der Waals surface area contributed by atoms with E-state index in [4.69, 9.17) is 5.11 Å². The van der Waals surface area contributed by atoms with Crippen LogP contribution in [0.2, 0.25) is 0 Å². The fourth-order valence-corrected chi connectivity index (χ4v) is 3.41. The molecule has 1 aliphatic rings. The number of amides is 1. The number of hydrogen-bond acceptors (Lipinski definition) is 5. The molecule has 0 spiro atoms. The first-order valence-corrected chi connectivity index (χ1v) is 7.37. The summed E-state index contributed by atoms with van der Waals surface area (Å²) < 4.78 is 26.6. The highest BCUT2D eigenvalue weighted by molar-refractivity contribution is 7.89. The molecule has 10 heteroatoms. The quantitative estimate of drug-likeness (QED) is 0.548. The van der Waals surface area contributed by atoms with E-state index in [0.717, 1.165) is 0 Å². The van der Waals surface area contributed by atoms with Gasteiger partial charge in [-0.2, -0.15) is 5.10 Å². The number of aryl methyl sites for hydroxylation is 1. The molecule has 2 rings (SSSR count). The Morgan fingerprint density at radius 1 is 1.55 bits per heavy atom. The van der Waals surface area contributed by atoms with Gasteiger partial charge in [0, 0.05) is 19.0 Å². The Kier molecular flexibility index (Phi) is 3.77. The molecule has 1 atom stereocenters. The summed E-state index contributed by atoms with van der Waals surface area (Å²) in [5.74, 6) is -1.55. The molecule has 4 N–H and O–H groups in total. The number of H-pyrrole nitrogens is 1. The summed E-state index contributed by atoms with van der Waals surface area (Å²) in [6.45, 7) is 1.43. The van der Waals surface area contributed by atoms with E-state index in [-0.39, 0.29) is 29.1 Å². The zero-order valence-electron chi connectivity index (χ0n) is 10.6. The van der Waals surface area contributed by atoms with Crippen molar-refractivity contribution in [3.8, 4) is 0 Å². The third-order valence-corrected chi connectivity index (χ3v) is 4.55. The number of carboxylic acids is 1. The average molecular weight is 302 g/mol. The first kappa shape index (κ1) is 14.5. The summed E-state index contributed by atoms with van der Waals surface area (Å²) in [6, 6.07) is -0.280. The SMILES string of the molecule is Cc1[nH]nc(C(=O)O)c1S(=O)(=O)NCC1CCC(=O)N1. The summed E-state index contributed by atoms with van der Waals surface area (Å²) in [5.41, 5.74) is -0.407. The lowest BCUT2D eigenvalue weighted by Crippen LogP contribution is -2.38. The van der Waals surface area contributed by atoms with Crippen LogP contribution in [-0.2, 0) is 14.8 Å². The van der Waals surface area contributed by atoms with Crippen LogP contribution >= 0.6 is 0 Å². The Bertz CT molecular complexity index is 651. The van der Waals surface area contributed by atoms with Crippen molar-refractivity contribution in [1.82, 2.24) is 20.2 Å². The van der Waals surface area contributed by atoms with E-state index >= 15 is 0 Å². The van der Waals surface area contributed by atoms with Crippen LogP contribution in [0.1, 0.15) is 29.0 Å². The van der Waals surface area contributed by atoms with Crippen LogP contribution in [0.25, 0.3) is 0 Å². The molecule has 9 nitrogen and oxygen atoms in total. The highest BCUT2D eigenvalue weighted by atomic mass is 32.2. The van der Waals surface area contributed by atoms with E-state index in [1.165, 1.54) is 6.92 Å². The second kappa shape index (κ2) is 5.21. The highest BCUT2D eigenvalue weighted by Crippen LogP contribution is 2.17. The van der Waals surface area contributed by atoms with Crippen molar-refractivity contribution >= 4 is 21.9 Å². The minimum atomic E-state index is -4.00. The summed E-state index contributed by atoms with van der Waals surface area (Å²) in [4.78, 5) is 21.6. The van der Waals surface area contributed by atoms with E-state index < -0.39 is 21.7 Å². The van der Waals surface area contributed by atoms with Crippen LogP contribution in [0.3, 0.4) is 0 Å². The number of hydrogen-bond donors (Lipinski definition) is 4. The lowest BCUT2D eigenvalue weighted by Gasteiger charge is -2.11. The first-order chi connectivity index (χ1) is 9.31. The third-order valence-electron chi connectivity index (χ3n) is 2.97. The number of carbonyl (C=O) groups excluding carboxylic acids is 1. The molecule has 1 aliphatic heterocycles. The number of nitrogens with one attached hydrogen (secondary N) is 3. The van der Waals surface area contributed by atoms with Crippen LogP contribution in [-0.4, -0.2) is 48.2 Å². The number of rotatable bonds is 5. The topological polar surface area (TPSA) is 141 Å². The van der Waals surface area contributed by atoms with Crippen LogP contribution in [0.4, 0.5) is 0 Å². The normalized spacial score (nSPS) is 19.1. The van der Waals surface area contributed by atoms with E-state index in [9.17, 15) is 18.0 Å². The molecule has 1 aromatic heterocycles. The number of nitrogens with zero attached hydrogens (tertiary/aromatic N) is 1. The molecule has 1 saturated heterocycles. The molecule has 1 amide bonds. The molecule has 110 valence electrons. The van der Waals surface area contributed by atoms with Gasteiger partial charge in [-0.25, -0.2) is 17.9 Å². The van der Waals surface area contributed by atoms with Crippen molar-refractivity contribution in [2.75, 3.05) is 6.54 Å². The molecule has 0 aliphatic carbocycles. The van der Waals surface area contributed by atoms with Crippen molar-refractivity contribution in [1.29, 1.82) is 0 Å². The molecule has 0 bridgehead atoms. The van der Waals surface area contributed by atoms with Gasteiger partial charge in [-0.3, -0.25) is 9.89 Å². The summed E-state index contributed by atoms with van der Waals surface area (Å²) in [6.07, 6.45) is 0.898. The predicted octanol–water partition coefficient (Wildman–Crippen LogP) is -1.03. The number of carboxylic acid groups (broad SMARTS) is 1. The average Bonchev–Trinajstić information content (AvgIpc) is 2.93. The van der Waals surface area contributed by atoms with Gasteiger partial charge in [0.1, 0.15) is 4.90 Å². The van der Waals surface area contributed by atoms with Crippen molar-refractivity contribution in [2.45, 2.75) is 30.7 Å². The van der Waals surface area contributed by atoms with Gasteiger partial charge in [-0.1, -0.05) is 0 Å². The molecule has 1 fully saturated rings. The maximum atomic E-state index is 12.1. The van der Waals surface area contributed by atoms with E-state index in [0.29, 0.717) is 12.8 Å². The molecule has 20 heavy (non-hydrogen) atoms. The number of carbonyl (C=O) groups is 2. The molecular weight excluding hydrogens is 288 g/mol. The Morgan fingerprint density at radius 3 is 2.80 bits per heavy atom. The highest BCUT2D eigenvalue weighted by Gasteiger charge is 2.29. The van der Waals surface area contributed by atoms with E-state index in [1.807, 2.05) is 0 Å². The van der Waals surface area contributed by atoms with Gasteiger partial charge in [0.05, 0.1) is 5.69 Å². The van der Waals surface area contributed by atoms with Gasteiger partial charge >= 0.3 is 5.97 Å². The lowest BCUT2D eigenvalue weighted by molar-refractivity contribution is -0.119. The van der Waals surface area contributed by atoms with Crippen LogP contribution in [0.5, 0.6) is 0 Å². The van der Waals surface area contributed by atoms with Crippen molar-refractivity contribution < 1.29 is 23.1 Å². The first-order valence-electron chi connectivity index (χ1n) is 5.88. The van der Waals surface area contributed by atoms with Crippen molar-refractivity contribution in [3.05, 3.63) is 11.4 Å². The van der Waals surface area contributed by atoms with Crippen LogP contribution in [0, 0.1) is 6.92 Å². The molecular formula is C10H14N4O5S. The Balaban J connectivity index is 2.16. The van der Waals surface area contributed by atoms with Crippen molar-refractivity contribution in [2.24, 2.45) is 0 Å². The van der Waals surface area contributed by atoms with E-state index in [1.54, 1.807) is 0 Å².